The number of nitrogens with zero attached hydrogens (tertiary/aromatic N) is 2. The fraction of sp³-hybridized carbons (Fsp3) is 0.606. The third kappa shape index (κ3) is 3.39. The van der Waals surface area contributed by atoms with Gasteiger partial charge in [0.05, 0.1) is 9.85 Å². The molecule has 9 nitrogen and oxygen atoms in total. The maximum Gasteiger partial charge on any atom is 0.510 e. The van der Waals surface area contributed by atoms with Crippen molar-refractivity contribution in [1.82, 2.24) is 0 Å². The predicted molar refractivity (Wildman–Crippen MR) is 156 cm³/mol. The van der Waals surface area contributed by atoms with Crippen LogP contribution in [0.1, 0.15) is 91.2 Å². The third-order valence-electron chi connectivity index (χ3n) is 13.3. The van der Waals surface area contributed by atoms with Gasteiger partial charge in [0.2, 0.25) is 0 Å². The van der Waals surface area contributed by atoms with Gasteiger partial charge in [-0.3, -0.25) is 20.2 Å². The summed E-state index contributed by atoms with van der Waals surface area (Å²) in [5.41, 5.74) is -1.69. The average molecular weight is 577 g/mol. The number of fused-ring (bicyclic) bond motifs is 4. The minimum atomic E-state index is -1.02. The number of carbonyl (C=O) groups is 1. The summed E-state index contributed by atoms with van der Waals surface area (Å²) in [6, 6.07) is 12.8. The van der Waals surface area contributed by atoms with E-state index in [0.29, 0.717) is 24.7 Å². The molecule has 0 unspecified atom stereocenters. The van der Waals surface area contributed by atoms with Crippen LogP contribution in [-0.4, -0.2) is 16.0 Å². The molecule has 4 aliphatic rings. The van der Waals surface area contributed by atoms with Crippen molar-refractivity contribution < 1.29 is 24.1 Å². The topological polar surface area (TPSA) is 122 Å². The van der Waals surface area contributed by atoms with E-state index in [1.807, 2.05) is 0 Å². The molecular weight excluding hydrogens is 536 g/mol. The molecular formula is C33H40N2O7. The lowest BCUT2D eigenvalue weighted by molar-refractivity contribution is -0.385. The zero-order valence-electron chi connectivity index (χ0n) is 25.3. The van der Waals surface area contributed by atoms with E-state index in [9.17, 15) is 25.0 Å². The van der Waals surface area contributed by atoms with Crippen LogP contribution in [0.25, 0.3) is 0 Å². The molecule has 0 spiro atoms. The summed E-state index contributed by atoms with van der Waals surface area (Å²) < 4.78 is 13.2. The molecule has 224 valence electrons. The van der Waals surface area contributed by atoms with Gasteiger partial charge in [-0.2, -0.15) is 0 Å². The molecule has 9 heteroatoms. The molecule has 0 saturated heterocycles. The van der Waals surface area contributed by atoms with Gasteiger partial charge in [0.15, 0.2) is 0 Å². The monoisotopic (exact) mass is 576 g/mol. The highest BCUT2D eigenvalue weighted by Gasteiger charge is 2.74. The average Bonchev–Trinajstić information content (AvgIpc) is 3.44. The highest BCUT2D eigenvalue weighted by Crippen LogP contribution is 2.76. The Hall–Kier alpha value is -3.49. The summed E-state index contributed by atoms with van der Waals surface area (Å²) in [5, 5.41) is 22.8. The second kappa shape index (κ2) is 8.77. The third-order valence-corrected chi connectivity index (χ3v) is 13.3. The van der Waals surface area contributed by atoms with E-state index in [1.165, 1.54) is 24.3 Å². The molecule has 2 aromatic carbocycles. The van der Waals surface area contributed by atoms with E-state index in [0.717, 1.165) is 36.8 Å². The number of carbonyl (C=O) groups excluding carboxylic acids is 1. The molecule has 6 atom stereocenters. The van der Waals surface area contributed by atoms with E-state index < -0.39 is 38.0 Å². The summed E-state index contributed by atoms with van der Waals surface area (Å²) >= 11 is 0. The van der Waals surface area contributed by atoms with Gasteiger partial charge in [-0.25, -0.2) is 4.79 Å². The first-order valence-corrected chi connectivity index (χ1v) is 15.0. The predicted octanol–water partition coefficient (Wildman–Crippen LogP) is 8.44. The maximum absolute atomic E-state index is 14.3. The lowest BCUT2D eigenvalue weighted by Crippen LogP contribution is -2.51. The molecule has 0 heterocycles. The summed E-state index contributed by atoms with van der Waals surface area (Å²) in [6.07, 6.45) is 4.22. The molecule has 0 aliphatic heterocycles. The van der Waals surface area contributed by atoms with Crippen LogP contribution in [0.15, 0.2) is 48.5 Å². The van der Waals surface area contributed by atoms with Crippen molar-refractivity contribution in [2.75, 3.05) is 0 Å². The number of hydrogen-bond donors (Lipinski definition) is 0. The number of hydrogen-bond acceptors (Lipinski definition) is 7. The lowest BCUT2D eigenvalue weighted by Gasteiger charge is -2.50. The number of nitro groups is 2. The van der Waals surface area contributed by atoms with E-state index in [4.69, 9.17) is 9.47 Å². The SMILES string of the molecule is CC1(C)[C@@H]2CC[C@]1(C)[C@@](OC(=O)O[C@]1(c3ccc([N+](=O)[O-])cc3)C[C@H]3CC[C@@]1(C)C3(C)C)(c1ccc([N+](=O)[O-])cc1)C2. The Balaban J connectivity index is 1.42. The van der Waals surface area contributed by atoms with Crippen LogP contribution in [0.4, 0.5) is 16.2 Å². The van der Waals surface area contributed by atoms with Crippen LogP contribution in [0.5, 0.6) is 0 Å². The highest BCUT2D eigenvalue weighted by molar-refractivity contribution is 5.64. The van der Waals surface area contributed by atoms with Crippen LogP contribution in [0.3, 0.4) is 0 Å². The normalized spacial score (nSPS) is 37.0. The van der Waals surface area contributed by atoms with Crippen molar-refractivity contribution in [3.8, 4) is 0 Å². The van der Waals surface area contributed by atoms with Gasteiger partial charge in [0.1, 0.15) is 11.2 Å². The van der Waals surface area contributed by atoms with Crippen LogP contribution in [0, 0.1) is 53.7 Å². The van der Waals surface area contributed by atoms with Crippen LogP contribution in [0.2, 0.25) is 0 Å². The van der Waals surface area contributed by atoms with Crippen molar-refractivity contribution in [1.29, 1.82) is 0 Å². The van der Waals surface area contributed by atoms with E-state index in [1.54, 1.807) is 24.3 Å². The number of non-ortho nitro benzene ring substituents is 2. The van der Waals surface area contributed by atoms with E-state index >= 15 is 0 Å². The molecule has 0 N–H and O–H groups in total. The first-order chi connectivity index (χ1) is 19.5. The van der Waals surface area contributed by atoms with Crippen molar-refractivity contribution in [3.63, 3.8) is 0 Å². The van der Waals surface area contributed by atoms with Gasteiger partial charge in [-0.1, -0.05) is 41.5 Å². The molecule has 0 aromatic heterocycles. The molecule has 6 rings (SSSR count). The largest absolute Gasteiger partial charge is 0.510 e. The quantitative estimate of drug-likeness (QED) is 0.192. The fourth-order valence-corrected chi connectivity index (χ4v) is 9.81. The zero-order chi connectivity index (χ0) is 30.5. The van der Waals surface area contributed by atoms with E-state index in [2.05, 4.69) is 41.5 Å². The van der Waals surface area contributed by atoms with Crippen molar-refractivity contribution >= 4 is 17.5 Å². The molecule has 0 radical (unpaired) electrons. The van der Waals surface area contributed by atoms with Gasteiger partial charge in [-0.15, -0.1) is 0 Å². The Morgan fingerprint density at radius 1 is 0.667 bits per heavy atom. The second-order valence-corrected chi connectivity index (χ2v) is 14.7. The Morgan fingerprint density at radius 3 is 1.24 bits per heavy atom. The van der Waals surface area contributed by atoms with Crippen molar-refractivity contribution in [3.05, 3.63) is 79.9 Å². The zero-order valence-corrected chi connectivity index (χ0v) is 25.3. The minimum Gasteiger partial charge on any atom is -0.422 e. The Labute approximate surface area is 246 Å². The lowest BCUT2D eigenvalue weighted by atomic mass is 9.62. The molecule has 2 aromatic rings. The van der Waals surface area contributed by atoms with Gasteiger partial charge < -0.3 is 9.47 Å². The van der Waals surface area contributed by atoms with Gasteiger partial charge in [-0.05, 0) is 96.6 Å². The van der Waals surface area contributed by atoms with E-state index in [-0.39, 0.29) is 22.2 Å². The summed E-state index contributed by atoms with van der Waals surface area (Å²) in [6.45, 7) is 13.2. The van der Waals surface area contributed by atoms with Crippen molar-refractivity contribution in [2.45, 2.75) is 91.3 Å². The number of rotatable bonds is 6. The Morgan fingerprint density at radius 2 is 1.00 bits per heavy atom. The van der Waals surface area contributed by atoms with Gasteiger partial charge in [0.25, 0.3) is 11.4 Å². The van der Waals surface area contributed by atoms with Gasteiger partial charge >= 0.3 is 6.16 Å². The molecule has 4 bridgehead atoms. The molecule has 4 saturated carbocycles. The number of nitro benzene ring substituents is 2. The van der Waals surface area contributed by atoms with Crippen LogP contribution >= 0.6 is 0 Å². The summed E-state index contributed by atoms with van der Waals surface area (Å²) in [5.74, 6) is 0.626. The first kappa shape index (κ1) is 28.6. The number of benzene rings is 2. The smallest absolute Gasteiger partial charge is 0.422 e. The highest BCUT2D eigenvalue weighted by atomic mass is 16.7. The molecule has 42 heavy (non-hydrogen) atoms. The fourth-order valence-electron chi connectivity index (χ4n) is 9.81. The Bertz CT molecular complexity index is 1360. The van der Waals surface area contributed by atoms with Crippen LogP contribution in [-0.2, 0) is 20.7 Å². The molecule has 4 fully saturated rings. The van der Waals surface area contributed by atoms with Crippen molar-refractivity contribution in [2.24, 2.45) is 33.5 Å². The maximum atomic E-state index is 14.3. The molecule has 0 amide bonds. The first-order valence-electron chi connectivity index (χ1n) is 15.0. The van der Waals surface area contributed by atoms with Crippen LogP contribution < -0.4 is 0 Å². The Kier molecular flexibility index (Phi) is 5.98. The minimum absolute atomic E-state index is 0.0155. The second-order valence-electron chi connectivity index (χ2n) is 14.7. The number of ether oxygens (including phenoxy) is 2. The van der Waals surface area contributed by atoms with Gasteiger partial charge in [0, 0.05) is 35.1 Å². The molecule has 4 aliphatic carbocycles. The standard InChI is InChI=1S/C33H40N2O7/c1-28(2)23-15-17-30(28,5)32(19-23,21-7-11-25(12-8-21)34(37)38)41-27(36)42-33(22-9-13-26(14-10-22)35(39)40)20-24-16-18-31(33,6)29(24,3)4/h7-14,23-24H,15-20H2,1-6H3/t23-,24-,30+,31+,32+,33+/m1/s1. The summed E-state index contributed by atoms with van der Waals surface area (Å²) in [7, 11) is 0. The summed E-state index contributed by atoms with van der Waals surface area (Å²) in [4.78, 5) is 36.2.